The van der Waals surface area contributed by atoms with Crippen molar-refractivity contribution in [3.8, 4) is 11.4 Å². The molecule has 0 bridgehead atoms. The standard InChI is InChI=1S/C35H37N5O4/c1-40-28-21-24(14-17-26(28)31(23-7-2-3-8-23)32(40)27-9-6-10-29(36)38-27)33(43)39-35(19-4-5-20-35)34(44)37-25-15-11-22(12-16-25)13-18-30(41)42/h6,9-18,21,23H,2-5,7-8,19-20H2,1H3,(H2,36,38)(H,37,44)(H,39,43)(H,41,42)/b18-13+. The lowest BCUT2D eigenvalue weighted by Crippen LogP contribution is -2.55. The lowest BCUT2D eigenvalue weighted by atomic mass is 9.92. The summed E-state index contributed by atoms with van der Waals surface area (Å²) in [6.07, 6.45) is 9.96. The van der Waals surface area contributed by atoms with Crippen LogP contribution in [0.2, 0.25) is 0 Å². The number of nitrogens with zero attached hydrogens (tertiary/aromatic N) is 2. The SMILES string of the molecule is Cn1c(-c2cccc(N)n2)c(C2CCCC2)c2ccc(C(=O)NC3(C(=O)Nc4ccc(/C=C/C(=O)O)cc4)CCCC3)cc21. The molecular weight excluding hydrogens is 554 g/mol. The Kier molecular flexibility index (Phi) is 7.95. The smallest absolute Gasteiger partial charge is 0.328 e. The van der Waals surface area contributed by atoms with Crippen LogP contribution >= 0.6 is 0 Å². The number of anilines is 2. The molecule has 0 atom stereocenters. The van der Waals surface area contributed by atoms with Gasteiger partial charge in [0.2, 0.25) is 5.91 Å². The van der Waals surface area contributed by atoms with Crippen LogP contribution < -0.4 is 16.4 Å². The molecule has 2 aromatic carbocycles. The van der Waals surface area contributed by atoms with Gasteiger partial charge < -0.3 is 26.0 Å². The first-order valence-corrected chi connectivity index (χ1v) is 15.2. The van der Waals surface area contributed by atoms with Crippen molar-refractivity contribution < 1.29 is 19.5 Å². The van der Waals surface area contributed by atoms with Crippen molar-refractivity contribution in [2.45, 2.75) is 62.8 Å². The highest BCUT2D eigenvalue weighted by molar-refractivity contribution is 6.05. The van der Waals surface area contributed by atoms with E-state index in [1.807, 2.05) is 37.4 Å². The zero-order valence-corrected chi connectivity index (χ0v) is 24.8. The molecule has 226 valence electrons. The molecule has 2 fully saturated rings. The largest absolute Gasteiger partial charge is 0.478 e. The first-order chi connectivity index (χ1) is 21.2. The normalized spacial score (nSPS) is 16.5. The molecule has 9 heteroatoms. The number of aromatic nitrogens is 2. The molecule has 2 aliphatic carbocycles. The number of amides is 2. The molecule has 0 radical (unpaired) electrons. The van der Waals surface area contributed by atoms with Gasteiger partial charge in [-0.1, -0.05) is 49.9 Å². The van der Waals surface area contributed by atoms with Crippen LogP contribution in [0.1, 0.15) is 78.8 Å². The number of carbonyl (C=O) groups is 3. The summed E-state index contributed by atoms with van der Waals surface area (Å²) >= 11 is 0. The molecule has 0 saturated heterocycles. The Morgan fingerprint density at radius 3 is 2.41 bits per heavy atom. The van der Waals surface area contributed by atoms with E-state index in [0.717, 1.165) is 54.1 Å². The summed E-state index contributed by atoms with van der Waals surface area (Å²) in [7, 11) is 2.01. The summed E-state index contributed by atoms with van der Waals surface area (Å²) in [6, 6.07) is 18.4. The Hall–Kier alpha value is -4.92. The van der Waals surface area contributed by atoms with Crippen LogP contribution in [0, 0.1) is 0 Å². The molecule has 9 nitrogen and oxygen atoms in total. The summed E-state index contributed by atoms with van der Waals surface area (Å²) in [5.41, 5.74) is 10.9. The number of pyridine rings is 1. The van der Waals surface area contributed by atoms with Gasteiger partial charge in [-0.25, -0.2) is 9.78 Å². The maximum Gasteiger partial charge on any atom is 0.328 e. The van der Waals surface area contributed by atoms with Gasteiger partial charge in [-0.2, -0.15) is 0 Å². The molecule has 2 heterocycles. The van der Waals surface area contributed by atoms with Crippen molar-refractivity contribution in [2.24, 2.45) is 7.05 Å². The number of carboxylic acids is 1. The van der Waals surface area contributed by atoms with Gasteiger partial charge in [0.1, 0.15) is 11.4 Å². The second kappa shape index (κ2) is 12.0. The van der Waals surface area contributed by atoms with E-state index < -0.39 is 11.5 Å². The topological polar surface area (TPSA) is 139 Å². The molecule has 0 spiro atoms. The van der Waals surface area contributed by atoms with Crippen LogP contribution in [0.15, 0.2) is 66.7 Å². The minimum absolute atomic E-state index is 0.254. The van der Waals surface area contributed by atoms with Crippen molar-refractivity contribution >= 4 is 46.3 Å². The van der Waals surface area contributed by atoms with E-state index in [1.54, 1.807) is 30.3 Å². The number of nitrogens with two attached hydrogens (primary N) is 1. The zero-order valence-electron chi connectivity index (χ0n) is 24.8. The Morgan fingerprint density at radius 2 is 1.73 bits per heavy atom. The van der Waals surface area contributed by atoms with Crippen LogP contribution in [-0.4, -0.2) is 38.0 Å². The van der Waals surface area contributed by atoms with Gasteiger partial charge in [0.15, 0.2) is 0 Å². The fourth-order valence-corrected chi connectivity index (χ4v) is 6.90. The van der Waals surface area contributed by atoms with Crippen LogP contribution in [0.4, 0.5) is 11.5 Å². The number of nitrogen functional groups attached to an aromatic ring is 1. The van der Waals surface area contributed by atoms with E-state index >= 15 is 0 Å². The minimum Gasteiger partial charge on any atom is -0.478 e. The van der Waals surface area contributed by atoms with Gasteiger partial charge in [0.05, 0.1) is 11.4 Å². The molecule has 0 unspecified atom stereocenters. The van der Waals surface area contributed by atoms with E-state index in [-0.39, 0.29) is 11.8 Å². The number of aryl methyl sites for hydroxylation is 1. The van der Waals surface area contributed by atoms with Crippen molar-refractivity contribution in [3.63, 3.8) is 0 Å². The molecule has 2 aromatic heterocycles. The molecule has 2 saturated carbocycles. The van der Waals surface area contributed by atoms with Crippen molar-refractivity contribution in [2.75, 3.05) is 11.1 Å². The lowest BCUT2D eigenvalue weighted by Gasteiger charge is -2.29. The van der Waals surface area contributed by atoms with E-state index in [1.165, 1.54) is 24.5 Å². The lowest BCUT2D eigenvalue weighted by molar-refractivity contribution is -0.131. The van der Waals surface area contributed by atoms with Gasteiger partial charge in [-0.3, -0.25) is 9.59 Å². The highest BCUT2D eigenvalue weighted by atomic mass is 16.4. The summed E-state index contributed by atoms with van der Waals surface area (Å²) in [5.74, 6) is -0.678. The zero-order chi connectivity index (χ0) is 30.8. The number of carboxylic acid groups (broad SMARTS) is 1. The highest BCUT2D eigenvalue weighted by Crippen LogP contribution is 2.44. The fourth-order valence-electron chi connectivity index (χ4n) is 6.90. The maximum atomic E-state index is 13.8. The summed E-state index contributed by atoms with van der Waals surface area (Å²) in [6.45, 7) is 0. The predicted octanol–water partition coefficient (Wildman–Crippen LogP) is 6.26. The average Bonchev–Trinajstić information content (AvgIpc) is 3.77. The molecule has 5 N–H and O–H groups in total. The summed E-state index contributed by atoms with van der Waals surface area (Å²) in [4.78, 5) is 42.8. The third-order valence-electron chi connectivity index (χ3n) is 9.11. The van der Waals surface area contributed by atoms with Gasteiger partial charge in [-0.15, -0.1) is 0 Å². The van der Waals surface area contributed by atoms with E-state index in [9.17, 15) is 14.4 Å². The molecule has 2 aliphatic rings. The number of hydrogen-bond acceptors (Lipinski definition) is 5. The number of rotatable bonds is 8. The minimum atomic E-state index is -1.03. The van der Waals surface area contributed by atoms with Gasteiger partial charge in [0, 0.05) is 35.3 Å². The van der Waals surface area contributed by atoms with Crippen LogP contribution in [0.3, 0.4) is 0 Å². The maximum absolute atomic E-state index is 13.8. The third-order valence-corrected chi connectivity index (χ3v) is 9.11. The number of aliphatic carboxylic acids is 1. The van der Waals surface area contributed by atoms with E-state index in [0.29, 0.717) is 41.4 Å². The Morgan fingerprint density at radius 1 is 1.00 bits per heavy atom. The number of nitrogens with one attached hydrogen (secondary N) is 2. The molecular formula is C35H37N5O4. The van der Waals surface area contributed by atoms with Crippen molar-refractivity contribution in [3.05, 3.63) is 83.4 Å². The van der Waals surface area contributed by atoms with Crippen LogP contribution in [-0.2, 0) is 16.6 Å². The van der Waals surface area contributed by atoms with Gasteiger partial charge in [-0.05, 0) is 85.2 Å². The van der Waals surface area contributed by atoms with E-state index in [2.05, 4.69) is 20.2 Å². The average molecular weight is 592 g/mol. The van der Waals surface area contributed by atoms with Crippen molar-refractivity contribution in [1.82, 2.24) is 14.9 Å². The second-order valence-electron chi connectivity index (χ2n) is 12.0. The molecule has 44 heavy (non-hydrogen) atoms. The molecule has 2 amide bonds. The number of carbonyl (C=O) groups excluding carboxylic acids is 2. The Labute approximate surface area is 256 Å². The van der Waals surface area contributed by atoms with Crippen LogP contribution in [0.25, 0.3) is 28.4 Å². The molecule has 0 aliphatic heterocycles. The van der Waals surface area contributed by atoms with Gasteiger partial charge >= 0.3 is 5.97 Å². The van der Waals surface area contributed by atoms with Crippen molar-refractivity contribution in [1.29, 1.82) is 0 Å². The molecule has 6 rings (SSSR count). The van der Waals surface area contributed by atoms with Gasteiger partial charge in [0.25, 0.3) is 5.91 Å². The number of benzene rings is 2. The fraction of sp³-hybridized carbons (Fsp3) is 0.314. The molecule has 4 aromatic rings. The first kappa shape index (κ1) is 29.2. The number of fused-ring (bicyclic) bond motifs is 1. The summed E-state index contributed by atoms with van der Waals surface area (Å²) in [5, 5.41) is 16.0. The number of hydrogen-bond donors (Lipinski definition) is 4. The predicted molar refractivity (Wildman–Crippen MR) is 172 cm³/mol. The third kappa shape index (κ3) is 5.69. The first-order valence-electron chi connectivity index (χ1n) is 15.2. The van der Waals surface area contributed by atoms with E-state index in [4.69, 9.17) is 10.8 Å². The summed E-state index contributed by atoms with van der Waals surface area (Å²) < 4.78 is 2.12. The van der Waals surface area contributed by atoms with Crippen LogP contribution in [0.5, 0.6) is 0 Å². The Bertz CT molecular complexity index is 1760. The quantitative estimate of drug-likeness (QED) is 0.178. The highest BCUT2D eigenvalue weighted by Gasteiger charge is 2.42. The second-order valence-corrected chi connectivity index (χ2v) is 12.0. The Balaban J connectivity index is 1.28. The monoisotopic (exact) mass is 591 g/mol.